The molecule has 0 aliphatic carbocycles. The van der Waals surface area contributed by atoms with Crippen molar-refractivity contribution in [2.24, 2.45) is 0 Å². The summed E-state index contributed by atoms with van der Waals surface area (Å²) in [5, 5.41) is 2.33. The Kier molecular flexibility index (Phi) is 7.20. The van der Waals surface area contributed by atoms with E-state index in [1.165, 1.54) is 24.3 Å². The minimum atomic E-state index is -0.469. The summed E-state index contributed by atoms with van der Waals surface area (Å²) in [7, 11) is 1.60. The highest BCUT2D eigenvalue weighted by molar-refractivity contribution is 7.14. The highest BCUT2D eigenvalue weighted by Gasteiger charge is 2.20. The second kappa shape index (κ2) is 10.0. The van der Waals surface area contributed by atoms with Gasteiger partial charge in [0.05, 0.1) is 18.5 Å². The van der Waals surface area contributed by atoms with E-state index in [2.05, 4.69) is 4.98 Å². The summed E-state index contributed by atoms with van der Waals surface area (Å²) in [5.41, 5.74) is 4.35. The van der Waals surface area contributed by atoms with Crippen molar-refractivity contribution in [3.05, 3.63) is 76.3 Å². The lowest BCUT2D eigenvalue weighted by molar-refractivity contribution is -0.139. The maximum atomic E-state index is 12.3. The van der Waals surface area contributed by atoms with Crippen molar-refractivity contribution < 1.29 is 19.1 Å². The largest absolute Gasteiger partial charge is 0.497 e. The third-order valence-corrected chi connectivity index (χ3v) is 5.40. The molecule has 0 aliphatic rings. The van der Waals surface area contributed by atoms with E-state index in [0.717, 1.165) is 28.1 Å². The molecule has 160 valence electrons. The van der Waals surface area contributed by atoms with E-state index in [1.54, 1.807) is 23.5 Å². The number of methoxy groups -OCH3 is 1. The van der Waals surface area contributed by atoms with E-state index in [0.29, 0.717) is 10.8 Å². The normalized spacial score (nSPS) is 10.8. The monoisotopic (exact) mass is 436 g/mol. The molecule has 0 aliphatic heterocycles. The van der Waals surface area contributed by atoms with Crippen LogP contribution in [0.25, 0.3) is 6.08 Å². The number of nitrogens with zero attached hydrogens (tertiary/aromatic N) is 2. The lowest BCUT2D eigenvalue weighted by atomic mass is 10.1. The number of anilines is 2. The van der Waals surface area contributed by atoms with Crippen molar-refractivity contribution in [1.82, 2.24) is 4.98 Å². The summed E-state index contributed by atoms with van der Waals surface area (Å²) in [6.45, 7) is 5.50. The van der Waals surface area contributed by atoms with Crippen LogP contribution in [0.5, 0.6) is 5.75 Å². The highest BCUT2D eigenvalue weighted by Crippen LogP contribution is 2.31. The molecule has 0 bridgehead atoms. The van der Waals surface area contributed by atoms with Crippen LogP contribution in [0.15, 0.2) is 53.9 Å². The summed E-state index contributed by atoms with van der Waals surface area (Å²) >= 11 is 1.33. The number of esters is 1. The van der Waals surface area contributed by atoms with Gasteiger partial charge in [-0.1, -0.05) is 29.8 Å². The molecule has 1 heterocycles. The van der Waals surface area contributed by atoms with Crippen LogP contribution in [-0.2, 0) is 20.9 Å². The molecule has 0 atom stereocenters. The molecule has 1 amide bonds. The Morgan fingerprint density at radius 3 is 2.52 bits per heavy atom. The number of thiazole rings is 1. The van der Waals surface area contributed by atoms with Crippen LogP contribution in [0.4, 0.5) is 10.8 Å². The second-order valence-electron chi connectivity index (χ2n) is 6.98. The molecule has 0 fully saturated rings. The first kappa shape index (κ1) is 22.2. The average Bonchev–Trinajstić information content (AvgIpc) is 3.21. The van der Waals surface area contributed by atoms with Crippen LogP contribution in [0.1, 0.15) is 29.3 Å². The predicted octanol–water partition coefficient (Wildman–Crippen LogP) is 5.21. The molecule has 0 spiro atoms. The zero-order chi connectivity index (χ0) is 22.4. The minimum Gasteiger partial charge on any atom is -0.497 e. The number of benzene rings is 2. The van der Waals surface area contributed by atoms with E-state index in [4.69, 9.17) is 9.47 Å². The van der Waals surface area contributed by atoms with E-state index in [-0.39, 0.29) is 12.5 Å². The van der Waals surface area contributed by atoms with Gasteiger partial charge in [-0.15, -0.1) is 11.3 Å². The van der Waals surface area contributed by atoms with Crippen molar-refractivity contribution >= 4 is 40.1 Å². The maximum absolute atomic E-state index is 12.3. The molecule has 0 saturated heterocycles. The van der Waals surface area contributed by atoms with E-state index in [9.17, 15) is 9.59 Å². The maximum Gasteiger partial charge on any atom is 0.331 e. The summed E-state index contributed by atoms with van der Waals surface area (Å²) in [4.78, 5) is 30.4. The topological polar surface area (TPSA) is 68.7 Å². The van der Waals surface area contributed by atoms with Crippen molar-refractivity contribution in [2.75, 3.05) is 12.0 Å². The molecule has 1 aromatic heterocycles. The second-order valence-corrected chi connectivity index (χ2v) is 7.82. The lowest BCUT2D eigenvalue weighted by Crippen LogP contribution is -2.23. The van der Waals surface area contributed by atoms with Crippen LogP contribution in [0.3, 0.4) is 0 Å². The Hall–Kier alpha value is -3.45. The van der Waals surface area contributed by atoms with Crippen LogP contribution < -0.4 is 9.64 Å². The first-order chi connectivity index (χ1) is 14.9. The average molecular weight is 437 g/mol. The van der Waals surface area contributed by atoms with Gasteiger partial charge in [-0.25, -0.2) is 9.78 Å². The first-order valence-corrected chi connectivity index (χ1v) is 10.6. The number of aryl methyl sites for hydroxylation is 2. The fourth-order valence-corrected chi connectivity index (χ4v) is 3.87. The van der Waals surface area contributed by atoms with Gasteiger partial charge in [0.25, 0.3) is 0 Å². The van der Waals surface area contributed by atoms with Crippen molar-refractivity contribution in [2.45, 2.75) is 27.4 Å². The smallest absolute Gasteiger partial charge is 0.331 e. The molecular weight excluding hydrogens is 412 g/mol. The number of carbonyl (C=O) groups is 2. The molecule has 3 aromatic rings. The fourth-order valence-electron chi connectivity index (χ4n) is 3.00. The van der Waals surface area contributed by atoms with Gasteiger partial charge in [-0.05, 0) is 49.2 Å². The van der Waals surface area contributed by atoms with Gasteiger partial charge >= 0.3 is 5.97 Å². The summed E-state index contributed by atoms with van der Waals surface area (Å²) in [6, 6.07) is 13.2. The van der Waals surface area contributed by atoms with Crippen molar-refractivity contribution in [1.29, 1.82) is 0 Å². The Morgan fingerprint density at radius 2 is 1.87 bits per heavy atom. The molecule has 0 N–H and O–H groups in total. The van der Waals surface area contributed by atoms with Crippen LogP contribution >= 0.6 is 11.3 Å². The Labute approximate surface area is 185 Å². The standard InChI is InChI=1S/C24H24N2O4S/c1-16-5-11-22(17(2)13-16)26(18(3)27)24-25-20(15-31-24)14-30-23(28)12-8-19-6-9-21(29-4)10-7-19/h5-13,15H,14H2,1-4H3/b12-8+. The number of carbonyl (C=O) groups excluding carboxylic acids is 2. The number of rotatable bonds is 7. The van der Waals surface area contributed by atoms with Crippen LogP contribution in [-0.4, -0.2) is 24.0 Å². The highest BCUT2D eigenvalue weighted by atomic mass is 32.1. The van der Waals surface area contributed by atoms with Gasteiger partial charge in [0.1, 0.15) is 12.4 Å². The zero-order valence-electron chi connectivity index (χ0n) is 17.9. The van der Waals surface area contributed by atoms with Gasteiger partial charge in [0.2, 0.25) is 5.91 Å². The lowest BCUT2D eigenvalue weighted by Gasteiger charge is -2.20. The SMILES string of the molecule is COc1ccc(/C=C/C(=O)OCc2csc(N(C(C)=O)c3ccc(C)cc3C)n2)cc1. The predicted molar refractivity (Wildman–Crippen MR) is 123 cm³/mol. The Balaban J connectivity index is 1.64. The van der Waals surface area contributed by atoms with Gasteiger partial charge in [-0.3, -0.25) is 9.69 Å². The molecule has 0 radical (unpaired) electrons. The van der Waals surface area contributed by atoms with E-state index in [1.807, 2.05) is 56.3 Å². The Morgan fingerprint density at radius 1 is 1.13 bits per heavy atom. The van der Waals surface area contributed by atoms with Gasteiger partial charge in [0.15, 0.2) is 5.13 Å². The summed E-state index contributed by atoms with van der Waals surface area (Å²) in [5.74, 6) is 0.148. The molecule has 3 rings (SSSR count). The molecule has 2 aromatic carbocycles. The van der Waals surface area contributed by atoms with E-state index >= 15 is 0 Å². The number of amides is 1. The molecule has 6 nitrogen and oxygen atoms in total. The first-order valence-electron chi connectivity index (χ1n) is 9.68. The summed E-state index contributed by atoms with van der Waals surface area (Å²) in [6.07, 6.45) is 3.04. The van der Waals surface area contributed by atoms with Crippen molar-refractivity contribution in [3.8, 4) is 5.75 Å². The molecule has 31 heavy (non-hydrogen) atoms. The number of hydrogen-bond acceptors (Lipinski definition) is 6. The van der Waals surface area contributed by atoms with Gasteiger partial charge in [0, 0.05) is 18.4 Å². The molecule has 7 heteroatoms. The quantitative estimate of drug-likeness (QED) is 0.376. The Bertz CT molecular complexity index is 1100. The number of aromatic nitrogens is 1. The third-order valence-electron chi connectivity index (χ3n) is 4.53. The van der Waals surface area contributed by atoms with Crippen LogP contribution in [0.2, 0.25) is 0 Å². The summed E-state index contributed by atoms with van der Waals surface area (Å²) < 4.78 is 10.4. The number of hydrogen-bond donors (Lipinski definition) is 0. The minimum absolute atomic E-state index is 0.0287. The molecular formula is C24H24N2O4S. The van der Waals surface area contributed by atoms with Gasteiger partial charge < -0.3 is 9.47 Å². The van der Waals surface area contributed by atoms with Crippen molar-refractivity contribution in [3.63, 3.8) is 0 Å². The third kappa shape index (κ3) is 5.79. The van der Waals surface area contributed by atoms with E-state index < -0.39 is 5.97 Å². The number of ether oxygens (including phenoxy) is 2. The zero-order valence-corrected chi connectivity index (χ0v) is 18.7. The molecule has 0 saturated carbocycles. The molecule has 0 unspecified atom stereocenters. The van der Waals surface area contributed by atoms with Gasteiger partial charge in [-0.2, -0.15) is 0 Å². The fraction of sp³-hybridized carbons (Fsp3) is 0.208. The van der Waals surface area contributed by atoms with Crippen LogP contribution in [0, 0.1) is 13.8 Å².